The first-order chi connectivity index (χ1) is 12.8. The third-order valence-corrected chi connectivity index (χ3v) is 4.19. The first-order valence-electron chi connectivity index (χ1n) is 7.86. The Kier molecular flexibility index (Phi) is 7.20. The second kappa shape index (κ2) is 9.38. The minimum atomic E-state index is -0.857. The van der Waals surface area contributed by atoms with Gasteiger partial charge in [0.15, 0.2) is 6.10 Å². The van der Waals surface area contributed by atoms with Crippen molar-refractivity contribution >= 4 is 50.9 Å². The molecule has 0 saturated carbocycles. The van der Waals surface area contributed by atoms with Crippen LogP contribution in [0.4, 0.5) is 5.69 Å². The van der Waals surface area contributed by atoms with Crippen molar-refractivity contribution in [3.8, 4) is 5.75 Å². The molecule has 2 rings (SSSR count). The van der Waals surface area contributed by atoms with Crippen LogP contribution < -0.4 is 20.9 Å². The van der Waals surface area contributed by atoms with Gasteiger partial charge >= 0.3 is 0 Å². The summed E-state index contributed by atoms with van der Waals surface area (Å²) in [5, 5.41) is 3.13. The molecule has 0 bridgehead atoms. The molecule has 142 valence electrons. The molecule has 0 aliphatic heterocycles. The van der Waals surface area contributed by atoms with E-state index in [-0.39, 0.29) is 5.91 Å². The number of ether oxygens (including phenoxy) is 1. The molecule has 2 aromatic rings. The number of rotatable bonds is 5. The van der Waals surface area contributed by atoms with Crippen LogP contribution in [0, 0.1) is 0 Å². The average Bonchev–Trinajstić information content (AvgIpc) is 2.61. The Morgan fingerprint density at radius 3 is 2.33 bits per heavy atom. The van der Waals surface area contributed by atoms with Gasteiger partial charge in [-0.15, -0.1) is 0 Å². The molecular formula is C18H17BrClN3O4. The number of carbonyl (C=O) groups is 3. The number of hydrogen-bond acceptors (Lipinski definition) is 4. The highest BCUT2D eigenvalue weighted by Crippen LogP contribution is 2.28. The van der Waals surface area contributed by atoms with E-state index in [0.717, 1.165) is 0 Å². The zero-order valence-electron chi connectivity index (χ0n) is 14.5. The number of anilines is 1. The fourth-order valence-electron chi connectivity index (χ4n) is 2.02. The monoisotopic (exact) mass is 453 g/mol. The summed E-state index contributed by atoms with van der Waals surface area (Å²) in [5.74, 6) is -0.791. The molecule has 0 aromatic heterocycles. The largest absolute Gasteiger partial charge is 0.480 e. The Morgan fingerprint density at radius 1 is 1.07 bits per heavy atom. The fraction of sp³-hybridized carbons (Fsp3) is 0.167. The van der Waals surface area contributed by atoms with Crippen LogP contribution in [-0.2, 0) is 9.59 Å². The van der Waals surface area contributed by atoms with Crippen molar-refractivity contribution in [2.45, 2.75) is 20.0 Å². The molecule has 3 amide bonds. The van der Waals surface area contributed by atoms with E-state index in [1.165, 1.54) is 19.1 Å². The van der Waals surface area contributed by atoms with E-state index in [9.17, 15) is 14.4 Å². The highest BCUT2D eigenvalue weighted by molar-refractivity contribution is 9.10. The van der Waals surface area contributed by atoms with Crippen molar-refractivity contribution in [3.05, 3.63) is 57.5 Å². The average molecular weight is 455 g/mol. The second-order valence-corrected chi connectivity index (χ2v) is 6.83. The summed E-state index contributed by atoms with van der Waals surface area (Å²) in [7, 11) is 0. The van der Waals surface area contributed by atoms with Crippen LogP contribution in [-0.4, -0.2) is 23.8 Å². The first kappa shape index (κ1) is 20.7. The molecule has 27 heavy (non-hydrogen) atoms. The van der Waals surface area contributed by atoms with Gasteiger partial charge in [0.1, 0.15) is 5.75 Å². The number of hydrogen-bond donors (Lipinski definition) is 3. The lowest BCUT2D eigenvalue weighted by Gasteiger charge is -2.16. The van der Waals surface area contributed by atoms with Crippen LogP contribution >= 0.6 is 27.5 Å². The standard InChI is InChI=1S/C18H17BrClN3O4/c1-10(27-16-8-5-13(20)9-15(16)19)17(25)22-23-18(26)12-3-6-14(7-4-12)21-11(2)24/h3-10H,1-2H3,(H,21,24)(H,22,25)(H,23,26). The van der Waals surface area contributed by atoms with Gasteiger partial charge in [0, 0.05) is 23.2 Å². The van der Waals surface area contributed by atoms with Crippen LogP contribution in [0.5, 0.6) is 5.75 Å². The molecule has 0 fully saturated rings. The molecule has 0 heterocycles. The summed E-state index contributed by atoms with van der Waals surface area (Å²) >= 11 is 9.16. The quantitative estimate of drug-likeness (QED) is 0.604. The maximum Gasteiger partial charge on any atom is 0.279 e. The molecule has 1 atom stereocenters. The van der Waals surface area contributed by atoms with Crippen LogP contribution in [0.2, 0.25) is 5.02 Å². The SMILES string of the molecule is CC(=O)Nc1ccc(C(=O)NNC(=O)C(C)Oc2ccc(Cl)cc2Br)cc1. The molecule has 0 spiro atoms. The predicted octanol–water partition coefficient (Wildman–Crippen LogP) is 3.29. The fourth-order valence-corrected chi connectivity index (χ4v) is 2.79. The second-order valence-electron chi connectivity index (χ2n) is 5.54. The van der Waals surface area contributed by atoms with E-state index in [2.05, 4.69) is 32.1 Å². The molecule has 0 radical (unpaired) electrons. The first-order valence-corrected chi connectivity index (χ1v) is 9.03. The molecule has 2 aromatic carbocycles. The molecule has 1 unspecified atom stereocenters. The Hall–Kier alpha value is -2.58. The minimum Gasteiger partial charge on any atom is -0.480 e. The summed E-state index contributed by atoms with van der Waals surface area (Å²) in [6.45, 7) is 2.94. The van der Waals surface area contributed by atoms with Crippen molar-refractivity contribution in [1.29, 1.82) is 0 Å². The molecule has 9 heteroatoms. The van der Waals surface area contributed by atoms with Crippen molar-refractivity contribution in [3.63, 3.8) is 0 Å². The van der Waals surface area contributed by atoms with E-state index in [0.29, 0.717) is 26.5 Å². The summed E-state index contributed by atoms with van der Waals surface area (Å²) < 4.78 is 6.15. The minimum absolute atomic E-state index is 0.208. The maximum atomic E-state index is 12.1. The number of nitrogens with one attached hydrogen (secondary N) is 3. The number of halogens is 2. The molecular weight excluding hydrogens is 438 g/mol. The highest BCUT2D eigenvalue weighted by Gasteiger charge is 2.17. The van der Waals surface area contributed by atoms with E-state index < -0.39 is 17.9 Å². The Balaban J connectivity index is 1.88. The smallest absolute Gasteiger partial charge is 0.279 e. The van der Waals surface area contributed by atoms with Gasteiger partial charge in [-0.1, -0.05) is 11.6 Å². The number of amides is 3. The number of benzene rings is 2. The summed E-state index contributed by atoms with van der Waals surface area (Å²) in [5.41, 5.74) is 5.50. The number of hydrazine groups is 1. The van der Waals surface area contributed by atoms with Gasteiger partial charge in [0.05, 0.1) is 4.47 Å². The molecule has 0 aliphatic carbocycles. The lowest BCUT2D eigenvalue weighted by Crippen LogP contribution is -2.47. The summed E-state index contributed by atoms with van der Waals surface area (Å²) in [4.78, 5) is 35.2. The van der Waals surface area contributed by atoms with E-state index in [4.69, 9.17) is 16.3 Å². The molecule has 0 saturated heterocycles. The van der Waals surface area contributed by atoms with Crippen molar-refractivity contribution < 1.29 is 19.1 Å². The van der Waals surface area contributed by atoms with Crippen LogP contribution in [0.15, 0.2) is 46.9 Å². The van der Waals surface area contributed by atoms with Gasteiger partial charge in [0.25, 0.3) is 11.8 Å². The van der Waals surface area contributed by atoms with Gasteiger partial charge in [-0.05, 0) is 65.3 Å². The summed E-state index contributed by atoms with van der Waals surface area (Å²) in [6.07, 6.45) is -0.857. The summed E-state index contributed by atoms with van der Waals surface area (Å²) in [6, 6.07) is 11.1. The predicted molar refractivity (Wildman–Crippen MR) is 106 cm³/mol. The lowest BCUT2D eigenvalue weighted by molar-refractivity contribution is -0.128. The highest BCUT2D eigenvalue weighted by atomic mass is 79.9. The lowest BCUT2D eigenvalue weighted by atomic mass is 10.2. The zero-order chi connectivity index (χ0) is 20.0. The normalized spacial score (nSPS) is 11.3. The zero-order valence-corrected chi connectivity index (χ0v) is 16.8. The van der Waals surface area contributed by atoms with Gasteiger partial charge in [-0.2, -0.15) is 0 Å². The van der Waals surface area contributed by atoms with Crippen LogP contribution in [0.25, 0.3) is 0 Å². The van der Waals surface area contributed by atoms with E-state index in [1.807, 2.05) is 0 Å². The van der Waals surface area contributed by atoms with Crippen LogP contribution in [0.1, 0.15) is 24.2 Å². The third kappa shape index (κ3) is 6.26. The van der Waals surface area contributed by atoms with Crippen molar-refractivity contribution in [2.75, 3.05) is 5.32 Å². The topological polar surface area (TPSA) is 96.5 Å². The van der Waals surface area contributed by atoms with Crippen molar-refractivity contribution in [1.82, 2.24) is 10.9 Å². The van der Waals surface area contributed by atoms with E-state index >= 15 is 0 Å². The Morgan fingerprint density at radius 2 is 1.74 bits per heavy atom. The van der Waals surface area contributed by atoms with E-state index in [1.54, 1.807) is 37.3 Å². The number of carbonyl (C=O) groups excluding carboxylic acids is 3. The Bertz CT molecular complexity index is 858. The third-order valence-electron chi connectivity index (χ3n) is 3.33. The van der Waals surface area contributed by atoms with Crippen molar-refractivity contribution in [2.24, 2.45) is 0 Å². The van der Waals surface area contributed by atoms with Gasteiger partial charge in [-0.3, -0.25) is 25.2 Å². The van der Waals surface area contributed by atoms with Gasteiger partial charge < -0.3 is 10.1 Å². The van der Waals surface area contributed by atoms with Crippen LogP contribution in [0.3, 0.4) is 0 Å². The maximum absolute atomic E-state index is 12.1. The molecule has 0 aliphatic rings. The van der Waals surface area contributed by atoms with Gasteiger partial charge in [0.2, 0.25) is 5.91 Å². The van der Waals surface area contributed by atoms with Gasteiger partial charge in [-0.25, -0.2) is 0 Å². The Labute approximate surface area is 169 Å². The molecule has 3 N–H and O–H groups in total. The molecule has 7 nitrogen and oxygen atoms in total.